The van der Waals surface area contributed by atoms with E-state index in [1.807, 2.05) is 18.2 Å². The van der Waals surface area contributed by atoms with E-state index in [2.05, 4.69) is 15.9 Å². The number of carbonyl (C=O) groups is 1. The van der Waals surface area contributed by atoms with Gasteiger partial charge in [0.2, 0.25) is 5.91 Å². The molecule has 1 aromatic carbocycles. The Morgan fingerprint density at radius 3 is 2.65 bits per heavy atom. The molecule has 0 spiro atoms. The van der Waals surface area contributed by atoms with Crippen molar-refractivity contribution in [3.63, 3.8) is 0 Å². The van der Waals surface area contributed by atoms with Crippen LogP contribution in [0.15, 0.2) is 27.6 Å². The summed E-state index contributed by atoms with van der Waals surface area (Å²) in [5.74, 6) is 0.501. The topological polar surface area (TPSA) is 40.5 Å². The number of aliphatic hydroxyl groups excluding tert-OH is 1. The molecule has 0 aliphatic heterocycles. The lowest BCUT2D eigenvalue weighted by atomic mass is 10.1. The Kier molecular flexibility index (Phi) is 5.49. The number of aliphatic hydroxyl groups is 1. The average molecular weight is 318 g/mol. The van der Waals surface area contributed by atoms with Crippen molar-refractivity contribution >= 4 is 33.6 Å². The summed E-state index contributed by atoms with van der Waals surface area (Å²) in [7, 11) is 3.49. The van der Waals surface area contributed by atoms with Gasteiger partial charge in [-0.15, -0.1) is 11.8 Å². The van der Waals surface area contributed by atoms with Crippen LogP contribution in [0.25, 0.3) is 0 Å². The molecule has 94 valence electrons. The summed E-state index contributed by atoms with van der Waals surface area (Å²) in [6, 6.07) is 5.67. The molecule has 0 aliphatic rings. The SMILES string of the molecule is CC(O)c1ccc(SCC(=O)N(C)C)c(Br)c1. The van der Waals surface area contributed by atoms with E-state index in [9.17, 15) is 9.90 Å². The first-order chi connectivity index (χ1) is 7.91. The summed E-state index contributed by atoms with van der Waals surface area (Å²) in [6.07, 6.45) is -0.478. The molecule has 1 atom stereocenters. The molecule has 0 bridgehead atoms. The Morgan fingerprint density at radius 2 is 2.18 bits per heavy atom. The number of benzene rings is 1. The zero-order valence-electron chi connectivity index (χ0n) is 10.1. The summed E-state index contributed by atoms with van der Waals surface area (Å²) in [4.78, 5) is 14.0. The molecule has 0 heterocycles. The second kappa shape index (κ2) is 6.42. The minimum absolute atomic E-state index is 0.0847. The van der Waals surface area contributed by atoms with Crippen LogP contribution >= 0.6 is 27.7 Å². The zero-order valence-corrected chi connectivity index (χ0v) is 12.5. The number of carbonyl (C=O) groups excluding carboxylic acids is 1. The Labute approximate surface area is 114 Å². The number of thioether (sulfide) groups is 1. The molecule has 0 saturated carbocycles. The van der Waals surface area contributed by atoms with Gasteiger partial charge in [-0.05, 0) is 40.5 Å². The van der Waals surface area contributed by atoms with E-state index in [1.54, 1.807) is 25.9 Å². The fourth-order valence-electron chi connectivity index (χ4n) is 1.16. The van der Waals surface area contributed by atoms with Gasteiger partial charge in [-0.1, -0.05) is 6.07 Å². The van der Waals surface area contributed by atoms with Crippen LogP contribution in [0.3, 0.4) is 0 Å². The van der Waals surface area contributed by atoms with Gasteiger partial charge in [0.1, 0.15) is 0 Å². The minimum Gasteiger partial charge on any atom is -0.389 e. The van der Waals surface area contributed by atoms with Gasteiger partial charge in [-0.25, -0.2) is 0 Å². The van der Waals surface area contributed by atoms with Crippen molar-refractivity contribution in [3.05, 3.63) is 28.2 Å². The van der Waals surface area contributed by atoms with Gasteiger partial charge in [-0.3, -0.25) is 4.79 Å². The zero-order chi connectivity index (χ0) is 13.0. The molecule has 0 aromatic heterocycles. The molecule has 1 amide bonds. The molecule has 1 rings (SSSR count). The first-order valence-electron chi connectivity index (χ1n) is 5.22. The van der Waals surface area contributed by atoms with Crippen LogP contribution in [0.5, 0.6) is 0 Å². The van der Waals surface area contributed by atoms with Crippen LogP contribution in [0.1, 0.15) is 18.6 Å². The molecule has 1 N–H and O–H groups in total. The molecule has 1 unspecified atom stereocenters. The van der Waals surface area contributed by atoms with Crippen LogP contribution in [0.2, 0.25) is 0 Å². The van der Waals surface area contributed by atoms with Gasteiger partial charge in [0, 0.05) is 23.5 Å². The van der Waals surface area contributed by atoms with Crippen LogP contribution in [-0.4, -0.2) is 35.8 Å². The molecule has 0 aliphatic carbocycles. The van der Waals surface area contributed by atoms with Crippen molar-refractivity contribution in [2.45, 2.75) is 17.9 Å². The second-order valence-electron chi connectivity index (χ2n) is 3.94. The lowest BCUT2D eigenvalue weighted by Crippen LogP contribution is -2.23. The van der Waals surface area contributed by atoms with Crippen LogP contribution in [0.4, 0.5) is 0 Å². The number of rotatable bonds is 4. The first kappa shape index (κ1) is 14.5. The molecule has 0 radical (unpaired) electrons. The maximum absolute atomic E-state index is 11.5. The highest BCUT2D eigenvalue weighted by molar-refractivity contribution is 9.10. The van der Waals surface area contributed by atoms with Gasteiger partial charge in [0.05, 0.1) is 11.9 Å². The minimum atomic E-state index is -0.478. The summed E-state index contributed by atoms with van der Waals surface area (Å²) < 4.78 is 0.910. The summed E-state index contributed by atoms with van der Waals surface area (Å²) in [5.41, 5.74) is 0.861. The van der Waals surface area contributed by atoms with Crippen molar-refractivity contribution in [3.8, 4) is 0 Å². The van der Waals surface area contributed by atoms with E-state index in [0.29, 0.717) is 5.75 Å². The van der Waals surface area contributed by atoms with Gasteiger partial charge in [0.25, 0.3) is 0 Å². The van der Waals surface area contributed by atoms with E-state index in [4.69, 9.17) is 0 Å². The highest BCUT2D eigenvalue weighted by Gasteiger charge is 2.09. The molecule has 5 heteroatoms. The Bertz CT molecular complexity index is 407. The summed E-state index contributed by atoms with van der Waals surface area (Å²) in [5, 5.41) is 9.44. The Morgan fingerprint density at radius 1 is 1.53 bits per heavy atom. The second-order valence-corrected chi connectivity index (χ2v) is 5.81. The highest BCUT2D eigenvalue weighted by Crippen LogP contribution is 2.30. The normalized spacial score (nSPS) is 12.3. The highest BCUT2D eigenvalue weighted by atomic mass is 79.9. The lowest BCUT2D eigenvalue weighted by molar-refractivity contribution is -0.125. The standard InChI is InChI=1S/C12H16BrNO2S/c1-8(15)9-4-5-11(10(13)6-9)17-7-12(16)14(2)3/h4-6,8,15H,7H2,1-3H3. The molecule has 1 aromatic rings. The first-order valence-corrected chi connectivity index (χ1v) is 7.00. The van der Waals surface area contributed by atoms with Crippen molar-refractivity contribution in [2.75, 3.05) is 19.8 Å². The predicted molar refractivity (Wildman–Crippen MR) is 74.2 cm³/mol. The van der Waals surface area contributed by atoms with Crippen molar-refractivity contribution in [1.29, 1.82) is 0 Å². The van der Waals surface area contributed by atoms with Gasteiger partial charge in [-0.2, -0.15) is 0 Å². The third-order valence-electron chi connectivity index (χ3n) is 2.29. The fourth-order valence-corrected chi connectivity index (χ4v) is 2.80. The smallest absolute Gasteiger partial charge is 0.232 e. The summed E-state index contributed by atoms with van der Waals surface area (Å²) >= 11 is 4.93. The Balaban J connectivity index is 2.70. The summed E-state index contributed by atoms with van der Waals surface area (Å²) in [6.45, 7) is 1.73. The Hall–Kier alpha value is -0.520. The number of hydrogen-bond donors (Lipinski definition) is 1. The van der Waals surface area contributed by atoms with E-state index in [-0.39, 0.29) is 5.91 Å². The largest absolute Gasteiger partial charge is 0.389 e. The third-order valence-corrected chi connectivity index (χ3v) is 4.27. The predicted octanol–water partition coefficient (Wildman–Crippen LogP) is 2.68. The lowest BCUT2D eigenvalue weighted by Gasteiger charge is -2.11. The van der Waals surface area contributed by atoms with E-state index >= 15 is 0 Å². The fraction of sp³-hybridized carbons (Fsp3) is 0.417. The molecule has 0 saturated heterocycles. The maximum Gasteiger partial charge on any atom is 0.232 e. The van der Waals surface area contributed by atoms with Crippen molar-refractivity contribution < 1.29 is 9.90 Å². The van der Waals surface area contributed by atoms with E-state index < -0.39 is 6.10 Å². The van der Waals surface area contributed by atoms with E-state index in [0.717, 1.165) is 14.9 Å². The maximum atomic E-state index is 11.5. The number of halogens is 1. The van der Waals surface area contributed by atoms with Crippen LogP contribution in [0, 0.1) is 0 Å². The average Bonchev–Trinajstić information content (AvgIpc) is 2.26. The number of nitrogens with zero attached hydrogens (tertiary/aromatic N) is 1. The van der Waals surface area contributed by atoms with Crippen LogP contribution in [-0.2, 0) is 4.79 Å². The van der Waals surface area contributed by atoms with Gasteiger partial charge in [0.15, 0.2) is 0 Å². The number of amides is 1. The quantitative estimate of drug-likeness (QED) is 0.868. The molecular formula is C12H16BrNO2S. The molecule has 3 nitrogen and oxygen atoms in total. The number of hydrogen-bond acceptors (Lipinski definition) is 3. The van der Waals surface area contributed by atoms with Gasteiger partial charge >= 0.3 is 0 Å². The molecule has 0 fully saturated rings. The monoisotopic (exact) mass is 317 g/mol. The van der Waals surface area contributed by atoms with Crippen molar-refractivity contribution in [1.82, 2.24) is 4.90 Å². The molecule has 17 heavy (non-hydrogen) atoms. The van der Waals surface area contributed by atoms with E-state index in [1.165, 1.54) is 11.8 Å². The van der Waals surface area contributed by atoms with Crippen LogP contribution < -0.4 is 0 Å². The van der Waals surface area contributed by atoms with Gasteiger partial charge < -0.3 is 10.0 Å². The third kappa shape index (κ3) is 4.33. The van der Waals surface area contributed by atoms with Crippen molar-refractivity contribution in [2.24, 2.45) is 0 Å². The molecular weight excluding hydrogens is 302 g/mol.